The van der Waals surface area contributed by atoms with Gasteiger partial charge < -0.3 is 34.7 Å². The summed E-state index contributed by atoms with van der Waals surface area (Å²) >= 11 is 8.22. The number of aliphatic hydroxyl groups is 1. The molecule has 0 saturated carbocycles. The number of rotatable bonds is 11. The van der Waals surface area contributed by atoms with E-state index in [4.69, 9.17) is 30.5 Å². The molecule has 0 spiro atoms. The third-order valence-corrected chi connectivity index (χ3v) is 6.36. The fourth-order valence-electron chi connectivity index (χ4n) is 3.71. The van der Waals surface area contributed by atoms with Crippen LogP contribution in [0.15, 0.2) is 46.7 Å². The second-order valence-electron chi connectivity index (χ2n) is 7.93. The molecule has 0 aromatic heterocycles. The van der Waals surface area contributed by atoms with Crippen molar-refractivity contribution in [2.75, 3.05) is 27.4 Å². The number of esters is 1. The zero-order valence-corrected chi connectivity index (χ0v) is 24.0. The average Bonchev–Trinajstić information content (AvgIpc) is 2.87. The standard InChI is InChI=1S/C25H28ClIN4O7/c1-5-37-19-9-14(22-21(24(33)36-4)13(2)29-25(34)30-22)6-7-18(19)38-12-20(32)31-28-11-15-8-16(26)10-17(27)23(15)35-3/h6-11,20,22,31-32H,5,12H2,1-4H3,(H2,29,30,34)/b28-11+/t20-,22+/m0/s1. The fourth-order valence-corrected chi connectivity index (χ4v) is 4.98. The van der Waals surface area contributed by atoms with Crippen molar-refractivity contribution in [2.24, 2.45) is 5.10 Å². The molecule has 38 heavy (non-hydrogen) atoms. The molecule has 3 rings (SSSR count). The summed E-state index contributed by atoms with van der Waals surface area (Å²) in [4.78, 5) is 24.5. The van der Waals surface area contributed by atoms with Crippen LogP contribution in [0.3, 0.4) is 0 Å². The van der Waals surface area contributed by atoms with Crippen LogP contribution in [0.5, 0.6) is 17.2 Å². The van der Waals surface area contributed by atoms with Crippen LogP contribution >= 0.6 is 34.2 Å². The highest BCUT2D eigenvalue weighted by Gasteiger charge is 2.32. The number of amides is 2. The molecule has 0 radical (unpaired) electrons. The van der Waals surface area contributed by atoms with E-state index < -0.39 is 24.3 Å². The van der Waals surface area contributed by atoms with Crippen LogP contribution in [0.25, 0.3) is 0 Å². The topological polar surface area (TPSA) is 140 Å². The number of nitrogens with one attached hydrogen (secondary N) is 3. The lowest BCUT2D eigenvalue weighted by Crippen LogP contribution is -2.45. The van der Waals surface area contributed by atoms with Gasteiger partial charge in [-0.3, -0.25) is 5.43 Å². The average molecular weight is 659 g/mol. The zero-order valence-electron chi connectivity index (χ0n) is 21.1. The van der Waals surface area contributed by atoms with E-state index in [1.54, 1.807) is 44.4 Å². The maximum atomic E-state index is 12.4. The summed E-state index contributed by atoms with van der Waals surface area (Å²) < 4.78 is 22.6. The number of aliphatic hydroxyl groups excluding tert-OH is 1. The van der Waals surface area contributed by atoms with Crippen molar-refractivity contribution in [3.05, 3.63) is 61.3 Å². The Morgan fingerprint density at radius 2 is 2.03 bits per heavy atom. The number of hydrazone groups is 1. The Morgan fingerprint density at radius 1 is 1.26 bits per heavy atom. The predicted octanol–water partition coefficient (Wildman–Crippen LogP) is 3.47. The van der Waals surface area contributed by atoms with Gasteiger partial charge in [0.05, 0.1) is 42.2 Å². The summed E-state index contributed by atoms with van der Waals surface area (Å²) in [7, 11) is 2.82. The normalized spacial score (nSPS) is 16.0. The second-order valence-corrected chi connectivity index (χ2v) is 9.52. The monoisotopic (exact) mass is 658 g/mol. The van der Waals surface area contributed by atoms with Crippen molar-refractivity contribution >= 4 is 52.4 Å². The van der Waals surface area contributed by atoms with Gasteiger partial charge in [0.25, 0.3) is 0 Å². The summed E-state index contributed by atoms with van der Waals surface area (Å²) in [5, 5.41) is 20.2. The van der Waals surface area contributed by atoms with Crippen LogP contribution in [0.1, 0.15) is 31.0 Å². The van der Waals surface area contributed by atoms with Gasteiger partial charge in [0.15, 0.2) is 17.7 Å². The number of carbonyl (C=O) groups is 2. The van der Waals surface area contributed by atoms with Gasteiger partial charge in [0.1, 0.15) is 12.4 Å². The molecular weight excluding hydrogens is 631 g/mol. The first-order chi connectivity index (χ1) is 18.2. The Bertz CT molecular complexity index is 1250. The molecule has 1 aliphatic rings. The number of ether oxygens (including phenoxy) is 4. The molecule has 2 aromatic rings. The molecule has 2 aromatic carbocycles. The number of methoxy groups -OCH3 is 2. The lowest BCUT2D eigenvalue weighted by Gasteiger charge is -2.28. The van der Waals surface area contributed by atoms with Crippen LogP contribution in [-0.2, 0) is 9.53 Å². The molecular formula is C25H28ClIN4O7. The summed E-state index contributed by atoms with van der Waals surface area (Å²) in [6, 6.07) is 7.25. The van der Waals surface area contributed by atoms with Crippen molar-refractivity contribution in [1.29, 1.82) is 0 Å². The van der Waals surface area contributed by atoms with Gasteiger partial charge in [-0.05, 0) is 66.3 Å². The Kier molecular flexibility index (Phi) is 10.4. The lowest BCUT2D eigenvalue weighted by atomic mass is 9.95. The van der Waals surface area contributed by atoms with Crippen LogP contribution in [-0.4, -0.2) is 57.0 Å². The van der Waals surface area contributed by atoms with E-state index in [0.717, 1.165) is 3.57 Å². The van der Waals surface area contributed by atoms with E-state index in [1.807, 2.05) is 6.92 Å². The van der Waals surface area contributed by atoms with Gasteiger partial charge in [0, 0.05) is 16.3 Å². The summed E-state index contributed by atoms with van der Waals surface area (Å²) in [5.41, 5.74) is 4.47. The van der Waals surface area contributed by atoms with Crippen molar-refractivity contribution in [3.63, 3.8) is 0 Å². The van der Waals surface area contributed by atoms with Crippen molar-refractivity contribution in [3.8, 4) is 17.2 Å². The molecule has 2 amide bonds. The number of nitrogens with zero attached hydrogens (tertiary/aromatic N) is 1. The zero-order chi connectivity index (χ0) is 27.8. The highest BCUT2D eigenvalue weighted by atomic mass is 127. The summed E-state index contributed by atoms with van der Waals surface area (Å²) in [5.74, 6) is 0.761. The quantitative estimate of drug-likeness (QED) is 0.0947. The van der Waals surface area contributed by atoms with E-state index in [2.05, 4.69) is 43.8 Å². The number of allylic oxidation sites excluding steroid dienone is 1. The molecule has 2 atom stereocenters. The van der Waals surface area contributed by atoms with Crippen molar-refractivity contribution < 1.29 is 33.6 Å². The maximum Gasteiger partial charge on any atom is 0.337 e. The first kappa shape index (κ1) is 29.3. The fraction of sp³-hybridized carbons (Fsp3) is 0.320. The summed E-state index contributed by atoms with van der Waals surface area (Å²) in [6.07, 6.45) is 0.336. The van der Waals surface area contributed by atoms with E-state index in [-0.39, 0.29) is 12.2 Å². The largest absolute Gasteiger partial charge is 0.495 e. The third-order valence-electron chi connectivity index (χ3n) is 5.34. The van der Waals surface area contributed by atoms with Gasteiger partial charge >= 0.3 is 12.0 Å². The number of carbonyl (C=O) groups excluding carboxylic acids is 2. The second kappa shape index (κ2) is 13.5. The molecule has 1 aliphatic heterocycles. The van der Waals surface area contributed by atoms with Crippen LogP contribution < -0.4 is 30.3 Å². The lowest BCUT2D eigenvalue weighted by molar-refractivity contribution is -0.136. The number of benzene rings is 2. The van der Waals surface area contributed by atoms with Crippen molar-refractivity contribution in [2.45, 2.75) is 26.1 Å². The SMILES string of the molecule is CCOc1cc([C@H]2NC(=O)NC(C)=C2C(=O)OC)ccc1OC[C@H](O)N/N=C/c1cc(Cl)cc(I)c1OC. The minimum Gasteiger partial charge on any atom is -0.495 e. The smallest absolute Gasteiger partial charge is 0.337 e. The molecule has 204 valence electrons. The van der Waals surface area contributed by atoms with E-state index in [9.17, 15) is 14.7 Å². The molecule has 0 aliphatic carbocycles. The minimum atomic E-state index is -1.15. The van der Waals surface area contributed by atoms with Gasteiger partial charge in [-0.1, -0.05) is 17.7 Å². The Morgan fingerprint density at radius 3 is 2.71 bits per heavy atom. The van der Waals surface area contributed by atoms with E-state index in [0.29, 0.717) is 45.7 Å². The van der Waals surface area contributed by atoms with E-state index in [1.165, 1.54) is 13.3 Å². The Labute approximate surface area is 238 Å². The molecule has 0 bridgehead atoms. The molecule has 4 N–H and O–H groups in total. The first-order valence-electron chi connectivity index (χ1n) is 11.4. The Balaban J connectivity index is 1.72. The van der Waals surface area contributed by atoms with Gasteiger partial charge in [-0.25, -0.2) is 9.59 Å². The van der Waals surface area contributed by atoms with Gasteiger partial charge in [-0.15, -0.1) is 0 Å². The number of halogens is 2. The minimum absolute atomic E-state index is 0.155. The highest BCUT2D eigenvalue weighted by molar-refractivity contribution is 14.1. The van der Waals surface area contributed by atoms with Crippen LogP contribution in [0.4, 0.5) is 4.79 Å². The molecule has 0 unspecified atom stereocenters. The maximum absolute atomic E-state index is 12.4. The number of urea groups is 1. The number of hydrogen-bond donors (Lipinski definition) is 4. The molecule has 0 fully saturated rings. The first-order valence-corrected chi connectivity index (χ1v) is 12.9. The van der Waals surface area contributed by atoms with Gasteiger partial charge in [0.2, 0.25) is 0 Å². The highest BCUT2D eigenvalue weighted by Crippen LogP contribution is 2.35. The molecule has 13 heteroatoms. The molecule has 11 nitrogen and oxygen atoms in total. The summed E-state index contributed by atoms with van der Waals surface area (Å²) in [6.45, 7) is 3.61. The van der Waals surface area contributed by atoms with Crippen LogP contribution in [0, 0.1) is 3.57 Å². The van der Waals surface area contributed by atoms with Crippen molar-refractivity contribution in [1.82, 2.24) is 16.1 Å². The predicted molar refractivity (Wildman–Crippen MR) is 150 cm³/mol. The van der Waals surface area contributed by atoms with Crippen LogP contribution in [0.2, 0.25) is 5.02 Å². The van der Waals surface area contributed by atoms with Gasteiger partial charge in [-0.2, -0.15) is 5.10 Å². The number of hydrogen-bond acceptors (Lipinski definition) is 9. The Hall–Kier alpha value is -3.23. The molecule has 0 saturated heterocycles. The third kappa shape index (κ3) is 7.20. The molecule has 1 heterocycles. The van der Waals surface area contributed by atoms with E-state index >= 15 is 0 Å².